The lowest BCUT2D eigenvalue weighted by Gasteiger charge is -2.07. The summed E-state index contributed by atoms with van der Waals surface area (Å²) >= 11 is 0. The van der Waals surface area contributed by atoms with Crippen LogP contribution in [0.5, 0.6) is 0 Å². The molecule has 0 N–H and O–H groups in total. The summed E-state index contributed by atoms with van der Waals surface area (Å²) in [5.41, 5.74) is 4.33. The van der Waals surface area contributed by atoms with Crippen LogP contribution < -0.4 is 0 Å². The van der Waals surface area contributed by atoms with Gasteiger partial charge in [0.1, 0.15) is 17.1 Å². The van der Waals surface area contributed by atoms with E-state index in [0.717, 1.165) is 22.3 Å². The number of furan rings is 1. The maximum atomic E-state index is 12.5. The molecule has 3 rings (SSSR count). The Morgan fingerprint density at radius 3 is 2.25 bits per heavy atom. The van der Waals surface area contributed by atoms with E-state index >= 15 is 0 Å². The van der Waals surface area contributed by atoms with Gasteiger partial charge in [0.25, 0.3) is 0 Å². The van der Waals surface area contributed by atoms with Crippen molar-refractivity contribution in [1.29, 1.82) is 0 Å². The topological polar surface area (TPSA) is 39.4 Å². The molecule has 0 saturated carbocycles. The predicted octanol–water partition coefficient (Wildman–Crippen LogP) is 5.41. The van der Waals surface area contributed by atoms with Gasteiger partial charge in [-0.05, 0) is 26.3 Å². The molecule has 0 spiro atoms. The first-order chi connectivity index (χ1) is 11.6. The monoisotopic (exact) mass is 320 g/mol. The second-order valence-electron chi connectivity index (χ2n) is 5.69. The first-order valence-electron chi connectivity index (χ1n) is 8.04. The number of ether oxygens (including phenoxy) is 1. The molecule has 0 aliphatic carbocycles. The van der Waals surface area contributed by atoms with Gasteiger partial charge in [-0.3, -0.25) is 0 Å². The van der Waals surface area contributed by atoms with Gasteiger partial charge in [-0.1, -0.05) is 60.2 Å². The normalized spacial score (nSPS) is 10.6. The van der Waals surface area contributed by atoms with Gasteiger partial charge in [0.15, 0.2) is 0 Å². The molecule has 0 fully saturated rings. The summed E-state index contributed by atoms with van der Waals surface area (Å²) in [5.74, 6) is 0.916. The number of carbonyl (C=O) groups is 1. The zero-order valence-electron chi connectivity index (χ0n) is 14.1. The number of hydrogen-bond acceptors (Lipinski definition) is 3. The van der Waals surface area contributed by atoms with E-state index in [4.69, 9.17) is 9.15 Å². The van der Waals surface area contributed by atoms with Crippen LogP contribution in [-0.4, -0.2) is 12.6 Å². The minimum Gasteiger partial charge on any atom is -0.462 e. The summed E-state index contributed by atoms with van der Waals surface area (Å²) in [5, 5.41) is 0. The largest absolute Gasteiger partial charge is 0.462 e. The van der Waals surface area contributed by atoms with Crippen LogP contribution >= 0.6 is 0 Å². The van der Waals surface area contributed by atoms with Gasteiger partial charge in [-0.2, -0.15) is 0 Å². The smallest absolute Gasteiger partial charge is 0.342 e. The van der Waals surface area contributed by atoms with Crippen molar-refractivity contribution in [2.75, 3.05) is 6.61 Å². The molecule has 24 heavy (non-hydrogen) atoms. The van der Waals surface area contributed by atoms with Crippen molar-refractivity contribution in [2.24, 2.45) is 0 Å². The van der Waals surface area contributed by atoms with E-state index in [-0.39, 0.29) is 5.97 Å². The van der Waals surface area contributed by atoms with Crippen LogP contribution in [0.4, 0.5) is 0 Å². The zero-order valence-corrected chi connectivity index (χ0v) is 14.1. The molecule has 3 nitrogen and oxygen atoms in total. The number of benzene rings is 2. The molecule has 3 heteroatoms. The van der Waals surface area contributed by atoms with Crippen LogP contribution in [0.25, 0.3) is 22.5 Å². The van der Waals surface area contributed by atoms with E-state index in [2.05, 4.69) is 0 Å². The summed E-state index contributed by atoms with van der Waals surface area (Å²) in [4.78, 5) is 12.5. The Bertz CT molecular complexity index is 843. The lowest BCUT2D eigenvalue weighted by atomic mass is 9.96. The van der Waals surface area contributed by atoms with Crippen molar-refractivity contribution in [3.8, 4) is 22.5 Å². The quantitative estimate of drug-likeness (QED) is 0.604. The lowest BCUT2D eigenvalue weighted by Crippen LogP contribution is -2.06. The summed E-state index contributed by atoms with van der Waals surface area (Å²) in [7, 11) is 0. The third-order valence-electron chi connectivity index (χ3n) is 3.94. The SMILES string of the molecule is CCOC(=O)c1c(C)oc(-c2ccccc2)c1-c1ccc(C)cc1. The van der Waals surface area contributed by atoms with Crippen LogP contribution in [0.1, 0.15) is 28.6 Å². The van der Waals surface area contributed by atoms with E-state index in [1.165, 1.54) is 0 Å². The molecule has 1 heterocycles. The summed E-state index contributed by atoms with van der Waals surface area (Å²) in [6, 6.07) is 17.9. The summed E-state index contributed by atoms with van der Waals surface area (Å²) in [6.45, 7) is 5.97. The van der Waals surface area contributed by atoms with Gasteiger partial charge < -0.3 is 9.15 Å². The lowest BCUT2D eigenvalue weighted by molar-refractivity contribution is 0.0525. The first kappa shape index (κ1) is 16.1. The Kier molecular flexibility index (Phi) is 4.52. The molecule has 0 bridgehead atoms. The molecule has 0 unspecified atom stereocenters. The highest BCUT2D eigenvalue weighted by Crippen LogP contribution is 2.39. The minimum absolute atomic E-state index is 0.331. The number of esters is 1. The number of rotatable bonds is 4. The van der Waals surface area contributed by atoms with E-state index in [9.17, 15) is 4.79 Å². The third-order valence-corrected chi connectivity index (χ3v) is 3.94. The second-order valence-corrected chi connectivity index (χ2v) is 5.69. The molecule has 0 aliphatic heterocycles. The predicted molar refractivity (Wildman–Crippen MR) is 95.0 cm³/mol. The Labute approximate surface area is 141 Å². The van der Waals surface area contributed by atoms with E-state index in [1.54, 1.807) is 13.8 Å². The molecule has 0 radical (unpaired) electrons. The van der Waals surface area contributed by atoms with Crippen LogP contribution in [0.15, 0.2) is 59.0 Å². The van der Waals surface area contributed by atoms with Gasteiger partial charge in [-0.15, -0.1) is 0 Å². The fraction of sp³-hybridized carbons (Fsp3) is 0.190. The van der Waals surface area contributed by atoms with Gasteiger partial charge >= 0.3 is 5.97 Å². The molecule has 2 aromatic carbocycles. The maximum absolute atomic E-state index is 12.5. The van der Waals surface area contributed by atoms with Gasteiger partial charge in [0.05, 0.1) is 6.61 Å². The maximum Gasteiger partial charge on any atom is 0.342 e. The van der Waals surface area contributed by atoms with Crippen molar-refractivity contribution >= 4 is 5.97 Å². The molecule has 0 amide bonds. The number of hydrogen-bond donors (Lipinski definition) is 0. The van der Waals surface area contributed by atoms with Crippen molar-refractivity contribution < 1.29 is 13.9 Å². The standard InChI is InChI=1S/C21H20O3/c1-4-23-21(22)18-15(3)24-20(17-8-6-5-7-9-17)19(18)16-12-10-14(2)11-13-16/h5-13H,4H2,1-3H3. The third kappa shape index (κ3) is 2.98. The summed E-state index contributed by atoms with van der Waals surface area (Å²) < 4.78 is 11.2. The van der Waals surface area contributed by atoms with Gasteiger partial charge in [-0.25, -0.2) is 4.79 Å². The number of carbonyl (C=O) groups excluding carboxylic acids is 1. The molecule has 0 saturated heterocycles. The first-order valence-corrected chi connectivity index (χ1v) is 8.04. The average molecular weight is 320 g/mol. The van der Waals surface area contributed by atoms with E-state index < -0.39 is 0 Å². The molecule has 0 aliphatic rings. The zero-order chi connectivity index (χ0) is 17.1. The molecule has 0 atom stereocenters. The molecule has 122 valence electrons. The minimum atomic E-state index is -0.350. The Morgan fingerprint density at radius 1 is 0.958 bits per heavy atom. The number of aryl methyl sites for hydroxylation is 2. The van der Waals surface area contributed by atoms with Crippen molar-refractivity contribution in [1.82, 2.24) is 0 Å². The van der Waals surface area contributed by atoms with Crippen molar-refractivity contribution in [3.05, 3.63) is 71.5 Å². The van der Waals surface area contributed by atoms with Gasteiger partial charge in [0.2, 0.25) is 0 Å². The highest BCUT2D eigenvalue weighted by atomic mass is 16.5. The van der Waals surface area contributed by atoms with E-state index in [1.807, 2.05) is 61.5 Å². The average Bonchev–Trinajstić information content (AvgIpc) is 2.94. The van der Waals surface area contributed by atoms with Crippen LogP contribution in [0, 0.1) is 13.8 Å². The van der Waals surface area contributed by atoms with E-state index in [0.29, 0.717) is 23.7 Å². The molecule has 3 aromatic rings. The molecular formula is C21H20O3. The Hall–Kier alpha value is -2.81. The Balaban J connectivity index is 2.25. The van der Waals surface area contributed by atoms with Crippen LogP contribution in [0.2, 0.25) is 0 Å². The molecule has 1 aromatic heterocycles. The van der Waals surface area contributed by atoms with Crippen molar-refractivity contribution in [2.45, 2.75) is 20.8 Å². The van der Waals surface area contributed by atoms with Crippen LogP contribution in [-0.2, 0) is 4.74 Å². The summed E-state index contributed by atoms with van der Waals surface area (Å²) in [6.07, 6.45) is 0. The van der Waals surface area contributed by atoms with Crippen LogP contribution in [0.3, 0.4) is 0 Å². The fourth-order valence-electron chi connectivity index (χ4n) is 2.78. The molecular weight excluding hydrogens is 300 g/mol. The highest BCUT2D eigenvalue weighted by molar-refractivity contribution is 6.02. The second kappa shape index (κ2) is 6.75. The fourth-order valence-corrected chi connectivity index (χ4v) is 2.78. The van der Waals surface area contributed by atoms with Gasteiger partial charge in [0, 0.05) is 11.1 Å². The Morgan fingerprint density at radius 2 is 1.62 bits per heavy atom. The highest BCUT2D eigenvalue weighted by Gasteiger charge is 2.26. The van der Waals surface area contributed by atoms with Crippen molar-refractivity contribution in [3.63, 3.8) is 0 Å².